The molecule has 1 saturated carbocycles. The van der Waals surface area contributed by atoms with Crippen LogP contribution in [-0.2, 0) is 23.9 Å². The molecule has 3 aromatic heterocycles. The first-order valence-corrected chi connectivity index (χ1v) is 22.8. The number of hydrogen-bond donors (Lipinski definition) is 2. The van der Waals surface area contributed by atoms with E-state index in [-0.39, 0.29) is 83.2 Å². The van der Waals surface area contributed by atoms with Gasteiger partial charge in [0.1, 0.15) is 35.0 Å². The summed E-state index contributed by atoms with van der Waals surface area (Å²) in [6.07, 6.45) is 2.76. The first-order valence-electron chi connectivity index (χ1n) is 22.8. The van der Waals surface area contributed by atoms with Gasteiger partial charge in [-0.1, -0.05) is 6.07 Å². The molecule has 5 unspecified atom stereocenters. The van der Waals surface area contributed by atoms with Crippen molar-refractivity contribution in [3.05, 3.63) is 83.4 Å². The number of ether oxygens (including phenoxy) is 1. The molecule has 20 heteroatoms. The van der Waals surface area contributed by atoms with E-state index >= 15 is 8.78 Å². The van der Waals surface area contributed by atoms with E-state index < -0.39 is 29.8 Å². The lowest BCUT2D eigenvalue weighted by Crippen LogP contribution is -2.56. The molecule has 5 aliphatic heterocycles. The minimum absolute atomic E-state index is 0.00205. The Morgan fingerprint density at radius 1 is 0.851 bits per heavy atom. The van der Waals surface area contributed by atoms with Crippen LogP contribution in [-0.4, -0.2) is 133 Å². The smallest absolute Gasteiger partial charge is 0.257 e. The summed E-state index contributed by atoms with van der Waals surface area (Å²) >= 11 is 0. The minimum Gasteiger partial charge on any atom is -0.368 e. The van der Waals surface area contributed by atoms with Crippen LogP contribution in [0, 0.1) is 30.4 Å². The van der Waals surface area contributed by atoms with Gasteiger partial charge in [0.15, 0.2) is 17.9 Å². The number of piperazine rings is 2. The number of aromatic nitrogens is 5. The number of hydrogen-bond acceptors (Lipinski definition) is 13. The Morgan fingerprint density at radius 3 is 2.24 bits per heavy atom. The maximum absolute atomic E-state index is 15.2. The summed E-state index contributed by atoms with van der Waals surface area (Å²) in [6, 6.07) is 11.4. The number of aryl methyl sites for hydroxylation is 1. The molecule has 2 aromatic carbocycles. The highest BCUT2D eigenvalue weighted by Crippen LogP contribution is 2.52. The molecule has 346 valence electrons. The SMILES string of the molecule is Cc1nc2c(F)cc(-c3nc(Nc4ccc(N5CCN(C(=O)C6CC6C(=O)N6CCN(c7cccc8c7C7OC7N(C7CCC(=O)NC7=O)C8=O)CC6)CC5)cn4)ncc3F)cc2n1C(C)C. The van der Waals surface area contributed by atoms with Crippen LogP contribution < -0.4 is 20.4 Å². The Hall–Kier alpha value is -7.09. The van der Waals surface area contributed by atoms with E-state index in [0.29, 0.717) is 81.5 Å². The number of halogens is 2. The van der Waals surface area contributed by atoms with E-state index in [2.05, 4.69) is 40.4 Å². The minimum atomic E-state index is -0.764. The maximum Gasteiger partial charge on any atom is 0.257 e. The number of amides is 5. The third-order valence-corrected chi connectivity index (χ3v) is 13.9. The Bertz CT molecular complexity index is 2880. The molecule has 5 fully saturated rings. The van der Waals surface area contributed by atoms with Gasteiger partial charge in [-0.3, -0.25) is 34.2 Å². The van der Waals surface area contributed by atoms with Crippen molar-refractivity contribution in [2.45, 2.75) is 64.4 Å². The number of fused-ring (bicyclic) bond motifs is 4. The Morgan fingerprint density at radius 2 is 1.57 bits per heavy atom. The van der Waals surface area contributed by atoms with Gasteiger partial charge in [-0.25, -0.2) is 28.7 Å². The van der Waals surface area contributed by atoms with E-state index in [9.17, 15) is 24.0 Å². The van der Waals surface area contributed by atoms with E-state index in [1.165, 1.54) is 11.0 Å². The first kappa shape index (κ1) is 42.5. The molecule has 2 N–H and O–H groups in total. The second-order valence-corrected chi connectivity index (χ2v) is 18.3. The number of piperidine rings is 1. The normalized spacial score (nSPS) is 23.6. The van der Waals surface area contributed by atoms with Gasteiger partial charge in [0.05, 0.1) is 35.4 Å². The third kappa shape index (κ3) is 7.56. The standard InChI is InChI=1S/C47H48F2N12O6/c1-24(2)60-25(3)52-40-31(48)19-26(20-35(40)60)39-32(49)23-51-47(55-39)53-36-9-7-27(22-50-36)56-11-15-58(16-12-56)43(64)29-21-30(29)44(65)59-17-13-57(14-18-59)33-6-4-5-28-38(33)41-46(67-41)61(45(28)66)34-8-10-37(62)54-42(34)63/h4-7,9,19-20,22-24,29-30,34,41,46H,8,10-18,21H2,1-3H3,(H,54,62,63)(H,50,51,53,55). The molecule has 18 nitrogen and oxygen atoms in total. The van der Waals surface area contributed by atoms with Gasteiger partial charge in [-0.2, -0.15) is 0 Å². The predicted octanol–water partition coefficient (Wildman–Crippen LogP) is 4.09. The molecular weight excluding hydrogens is 867 g/mol. The van der Waals surface area contributed by atoms with Gasteiger partial charge in [0, 0.05) is 87.2 Å². The van der Waals surface area contributed by atoms with Crippen molar-refractivity contribution in [1.29, 1.82) is 0 Å². The van der Waals surface area contributed by atoms with Gasteiger partial charge in [-0.05, 0) is 70.0 Å². The fourth-order valence-electron chi connectivity index (χ4n) is 10.4. The molecule has 5 aromatic rings. The van der Waals surface area contributed by atoms with Crippen LogP contribution in [0.1, 0.15) is 67.0 Å². The Balaban J connectivity index is 0.664. The predicted molar refractivity (Wildman–Crippen MR) is 239 cm³/mol. The number of pyridine rings is 1. The van der Waals surface area contributed by atoms with Crippen LogP contribution in [0.3, 0.4) is 0 Å². The van der Waals surface area contributed by atoms with Crippen molar-refractivity contribution in [2.24, 2.45) is 11.8 Å². The van der Waals surface area contributed by atoms with Crippen LogP contribution in [0.15, 0.2) is 54.9 Å². The Kier molecular flexibility index (Phi) is 10.4. The molecule has 0 radical (unpaired) electrons. The quantitative estimate of drug-likeness (QED) is 0.159. The van der Waals surface area contributed by atoms with E-state index in [0.717, 1.165) is 23.1 Å². The molecule has 8 heterocycles. The zero-order chi connectivity index (χ0) is 46.4. The van der Waals surface area contributed by atoms with Gasteiger partial charge < -0.3 is 34.2 Å². The van der Waals surface area contributed by atoms with Crippen molar-refractivity contribution in [3.8, 4) is 11.3 Å². The van der Waals surface area contributed by atoms with Gasteiger partial charge in [0.25, 0.3) is 5.91 Å². The van der Waals surface area contributed by atoms with Gasteiger partial charge in [-0.15, -0.1) is 0 Å². The lowest BCUT2D eigenvalue weighted by atomic mass is 9.93. The van der Waals surface area contributed by atoms with E-state index in [4.69, 9.17) is 4.74 Å². The molecule has 67 heavy (non-hydrogen) atoms. The fraction of sp³-hybridized carbons (Fsp3) is 0.426. The second kappa shape index (κ2) is 16.4. The highest BCUT2D eigenvalue weighted by molar-refractivity contribution is 6.06. The number of rotatable bonds is 9. The summed E-state index contributed by atoms with van der Waals surface area (Å²) in [4.78, 5) is 92.3. The number of nitrogens with one attached hydrogen (secondary N) is 2. The monoisotopic (exact) mass is 914 g/mol. The van der Waals surface area contributed by atoms with Crippen molar-refractivity contribution < 1.29 is 37.5 Å². The number of epoxide rings is 1. The number of anilines is 4. The third-order valence-electron chi connectivity index (χ3n) is 13.9. The second-order valence-electron chi connectivity index (χ2n) is 18.3. The van der Waals surface area contributed by atoms with Crippen LogP contribution >= 0.6 is 0 Å². The molecule has 5 amide bonds. The lowest BCUT2D eigenvalue weighted by Gasteiger charge is -2.39. The zero-order valence-corrected chi connectivity index (χ0v) is 37.1. The summed E-state index contributed by atoms with van der Waals surface area (Å²) in [5, 5.41) is 5.36. The summed E-state index contributed by atoms with van der Waals surface area (Å²) < 4.78 is 38.2. The number of imide groups is 1. The number of carbonyl (C=O) groups is 5. The molecule has 4 saturated heterocycles. The van der Waals surface area contributed by atoms with Gasteiger partial charge in [0.2, 0.25) is 29.6 Å². The molecule has 0 spiro atoms. The van der Waals surface area contributed by atoms with Crippen molar-refractivity contribution >= 4 is 63.7 Å². The molecule has 5 atom stereocenters. The molecule has 6 aliphatic rings. The molecule has 0 bridgehead atoms. The lowest BCUT2D eigenvalue weighted by molar-refractivity contribution is -0.138. The highest BCUT2D eigenvalue weighted by atomic mass is 19.1. The summed E-state index contributed by atoms with van der Waals surface area (Å²) in [5.41, 5.74) is 3.97. The molecular formula is C47H48F2N12O6. The average molecular weight is 915 g/mol. The summed E-state index contributed by atoms with van der Waals surface area (Å²) in [5.74, 6) is -1.89. The van der Waals surface area contributed by atoms with Crippen LogP contribution in [0.2, 0.25) is 0 Å². The van der Waals surface area contributed by atoms with E-state index in [1.54, 1.807) is 31.3 Å². The average Bonchev–Trinajstić information content (AvgIpc) is 4.26. The summed E-state index contributed by atoms with van der Waals surface area (Å²) in [6.45, 7) is 10.00. The molecule has 1 aliphatic carbocycles. The largest absolute Gasteiger partial charge is 0.368 e. The van der Waals surface area contributed by atoms with Crippen LogP contribution in [0.25, 0.3) is 22.3 Å². The highest BCUT2D eigenvalue weighted by Gasteiger charge is 2.58. The van der Waals surface area contributed by atoms with Crippen LogP contribution in [0.5, 0.6) is 0 Å². The number of carbonyl (C=O) groups excluding carboxylic acids is 5. The van der Waals surface area contributed by atoms with Gasteiger partial charge >= 0.3 is 0 Å². The number of imidazole rings is 1. The Labute approximate surface area is 383 Å². The maximum atomic E-state index is 15.2. The van der Waals surface area contributed by atoms with Crippen LogP contribution in [0.4, 0.5) is 31.9 Å². The van der Waals surface area contributed by atoms with Crippen molar-refractivity contribution in [2.75, 3.05) is 67.5 Å². The fourth-order valence-corrected chi connectivity index (χ4v) is 10.4. The summed E-state index contributed by atoms with van der Waals surface area (Å²) in [7, 11) is 0. The van der Waals surface area contributed by atoms with Crippen molar-refractivity contribution in [3.63, 3.8) is 0 Å². The number of benzene rings is 2. The molecule has 11 rings (SSSR count). The van der Waals surface area contributed by atoms with E-state index in [1.807, 2.05) is 46.4 Å². The first-order chi connectivity index (χ1) is 32.3. The van der Waals surface area contributed by atoms with Crippen molar-refractivity contribution in [1.82, 2.24) is 44.5 Å². The zero-order valence-electron chi connectivity index (χ0n) is 37.1. The topological polar surface area (TPSA) is 195 Å². The number of nitrogens with zero attached hydrogens (tertiary/aromatic N) is 10.